The lowest BCUT2D eigenvalue weighted by Gasteiger charge is -2.18. The van der Waals surface area contributed by atoms with Crippen molar-refractivity contribution in [3.8, 4) is 0 Å². The molecule has 2 rings (SSSR count). The maximum absolute atomic E-state index is 11.9. The summed E-state index contributed by atoms with van der Waals surface area (Å²) in [6, 6.07) is 5.54. The average Bonchev–Trinajstić information content (AvgIpc) is 2.87. The lowest BCUT2D eigenvalue weighted by Crippen LogP contribution is -2.41. The average molecular weight is 364 g/mol. The van der Waals surface area contributed by atoms with Crippen LogP contribution in [-0.2, 0) is 9.59 Å². The molecule has 3 N–H and O–H groups in total. The second kappa shape index (κ2) is 7.23. The second-order valence-corrected chi connectivity index (χ2v) is 7.70. The van der Waals surface area contributed by atoms with E-state index < -0.39 is 5.41 Å². The molecular formula is C16H20N4O2S2. The number of thiazole rings is 1. The standard InChI is InChI=1S/C16H20N4O2S2/c1-5-12(21)19-15-18-10-7-6-9(8-11(10)24-15)17-14(23)20-13(22)16(2,3)4/h6-8H,5H2,1-4H3,(H,18,19,21)(H2,17,20,22,23). The molecule has 0 unspecified atom stereocenters. The molecule has 0 saturated heterocycles. The van der Waals surface area contributed by atoms with Crippen LogP contribution in [0.4, 0.5) is 10.8 Å². The number of hydrogen-bond acceptors (Lipinski definition) is 5. The van der Waals surface area contributed by atoms with E-state index >= 15 is 0 Å². The molecule has 1 aromatic heterocycles. The van der Waals surface area contributed by atoms with Gasteiger partial charge in [-0.15, -0.1) is 0 Å². The van der Waals surface area contributed by atoms with E-state index in [0.29, 0.717) is 11.6 Å². The third kappa shape index (κ3) is 4.72. The van der Waals surface area contributed by atoms with E-state index in [2.05, 4.69) is 20.9 Å². The van der Waals surface area contributed by atoms with E-state index in [9.17, 15) is 9.59 Å². The Hall–Kier alpha value is -2.06. The number of aromatic nitrogens is 1. The van der Waals surface area contributed by atoms with Crippen molar-refractivity contribution in [2.24, 2.45) is 5.41 Å². The molecule has 0 bridgehead atoms. The molecule has 0 spiro atoms. The van der Waals surface area contributed by atoms with E-state index in [4.69, 9.17) is 12.2 Å². The lowest BCUT2D eigenvalue weighted by molar-refractivity contribution is -0.126. The molecule has 24 heavy (non-hydrogen) atoms. The van der Waals surface area contributed by atoms with Crippen molar-refractivity contribution in [3.63, 3.8) is 0 Å². The fourth-order valence-electron chi connectivity index (χ4n) is 1.72. The zero-order valence-electron chi connectivity index (χ0n) is 14.0. The van der Waals surface area contributed by atoms with Gasteiger partial charge in [0.05, 0.1) is 10.2 Å². The summed E-state index contributed by atoms with van der Waals surface area (Å²) in [5.74, 6) is -0.220. The largest absolute Gasteiger partial charge is 0.332 e. The third-order valence-corrected chi connectivity index (χ3v) is 4.26. The predicted molar refractivity (Wildman–Crippen MR) is 102 cm³/mol. The van der Waals surface area contributed by atoms with Crippen molar-refractivity contribution in [2.75, 3.05) is 10.6 Å². The first-order valence-electron chi connectivity index (χ1n) is 7.52. The second-order valence-electron chi connectivity index (χ2n) is 6.26. The Morgan fingerprint density at radius 1 is 1.25 bits per heavy atom. The molecule has 128 valence electrons. The van der Waals surface area contributed by atoms with Crippen molar-refractivity contribution in [1.29, 1.82) is 0 Å². The highest BCUT2D eigenvalue weighted by atomic mass is 32.1. The Morgan fingerprint density at radius 2 is 1.96 bits per heavy atom. The zero-order chi connectivity index (χ0) is 17.9. The smallest absolute Gasteiger partial charge is 0.231 e. The molecule has 2 aromatic rings. The number of nitrogens with one attached hydrogen (secondary N) is 3. The molecule has 0 saturated carbocycles. The Labute approximate surface area is 150 Å². The van der Waals surface area contributed by atoms with Gasteiger partial charge in [-0.05, 0) is 30.4 Å². The number of carbonyl (C=O) groups is 2. The van der Waals surface area contributed by atoms with Crippen LogP contribution < -0.4 is 16.0 Å². The van der Waals surface area contributed by atoms with E-state index in [1.54, 1.807) is 6.92 Å². The van der Waals surface area contributed by atoms with Gasteiger partial charge in [0.15, 0.2) is 10.2 Å². The van der Waals surface area contributed by atoms with Crippen LogP contribution in [0.3, 0.4) is 0 Å². The number of carbonyl (C=O) groups excluding carboxylic acids is 2. The fourth-order valence-corrected chi connectivity index (χ4v) is 2.85. The van der Waals surface area contributed by atoms with Crippen LogP contribution in [0.15, 0.2) is 18.2 Å². The Kier molecular flexibility index (Phi) is 5.51. The van der Waals surface area contributed by atoms with Gasteiger partial charge in [-0.25, -0.2) is 4.98 Å². The summed E-state index contributed by atoms with van der Waals surface area (Å²) in [5.41, 5.74) is 1.03. The number of fused-ring (bicyclic) bond motifs is 1. The Morgan fingerprint density at radius 3 is 2.58 bits per heavy atom. The molecule has 0 aliphatic carbocycles. The summed E-state index contributed by atoms with van der Waals surface area (Å²) >= 11 is 6.56. The maximum atomic E-state index is 11.9. The van der Waals surface area contributed by atoms with Crippen molar-refractivity contribution in [1.82, 2.24) is 10.3 Å². The van der Waals surface area contributed by atoms with Crippen molar-refractivity contribution in [3.05, 3.63) is 18.2 Å². The summed E-state index contributed by atoms with van der Waals surface area (Å²) in [6.07, 6.45) is 0.407. The minimum Gasteiger partial charge on any atom is -0.332 e. The normalized spacial score (nSPS) is 11.2. The van der Waals surface area contributed by atoms with Gasteiger partial charge < -0.3 is 16.0 Å². The Balaban J connectivity index is 2.09. The number of rotatable bonds is 3. The molecule has 0 aliphatic rings. The first-order valence-corrected chi connectivity index (χ1v) is 8.74. The number of thiocarbonyl (C=S) groups is 1. The molecule has 1 aromatic carbocycles. The number of anilines is 2. The van der Waals surface area contributed by atoms with E-state index in [0.717, 1.165) is 15.9 Å². The number of hydrogen-bond donors (Lipinski definition) is 3. The number of amides is 2. The first-order chi connectivity index (χ1) is 11.2. The van der Waals surface area contributed by atoms with Crippen LogP contribution in [0.2, 0.25) is 0 Å². The molecule has 0 atom stereocenters. The van der Waals surface area contributed by atoms with Gasteiger partial charge in [0.25, 0.3) is 0 Å². The maximum Gasteiger partial charge on any atom is 0.231 e. The molecule has 0 radical (unpaired) electrons. The van der Waals surface area contributed by atoms with Crippen LogP contribution >= 0.6 is 23.6 Å². The summed E-state index contributed by atoms with van der Waals surface area (Å²) in [5, 5.41) is 9.22. The monoisotopic (exact) mass is 364 g/mol. The van der Waals surface area contributed by atoms with E-state index in [1.165, 1.54) is 11.3 Å². The minimum atomic E-state index is -0.514. The van der Waals surface area contributed by atoms with Gasteiger partial charge in [-0.3, -0.25) is 9.59 Å². The van der Waals surface area contributed by atoms with Gasteiger partial charge in [0, 0.05) is 17.5 Å². The summed E-state index contributed by atoms with van der Waals surface area (Å²) in [7, 11) is 0. The zero-order valence-corrected chi connectivity index (χ0v) is 15.7. The molecule has 0 aliphatic heterocycles. The van der Waals surface area contributed by atoms with E-state index in [1.807, 2.05) is 39.0 Å². The molecular weight excluding hydrogens is 344 g/mol. The van der Waals surface area contributed by atoms with Gasteiger partial charge in [-0.2, -0.15) is 0 Å². The quantitative estimate of drug-likeness (QED) is 0.726. The van der Waals surface area contributed by atoms with Crippen LogP contribution in [0.1, 0.15) is 34.1 Å². The highest BCUT2D eigenvalue weighted by Crippen LogP contribution is 2.28. The molecule has 8 heteroatoms. The molecule has 0 fully saturated rings. The molecule has 1 heterocycles. The van der Waals surface area contributed by atoms with Crippen molar-refractivity contribution < 1.29 is 9.59 Å². The lowest BCUT2D eigenvalue weighted by atomic mass is 9.96. The van der Waals surface area contributed by atoms with Gasteiger partial charge in [0.2, 0.25) is 11.8 Å². The van der Waals surface area contributed by atoms with Crippen LogP contribution in [0, 0.1) is 5.41 Å². The summed E-state index contributed by atoms with van der Waals surface area (Å²) < 4.78 is 0.913. The Bertz CT molecular complexity index is 793. The van der Waals surface area contributed by atoms with Crippen LogP contribution in [0.25, 0.3) is 10.2 Å². The molecule has 2 amide bonds. The topological polar surface area (TPSA) is 83.1 Å². The van der Waals surface area contributed by atoms with Gasteiger partial charge in [-0.1, -0.05) is 39.0 Å². The van der Waals surface area contributed by atoms with E-state index in [-0.39, 0.29) is 16.9 Å². The number of benzene rings is 1. The third-order valence-electron chi connectivity index (χ3n) is 3.12. The van der Waals surface area contributed by atoms with Gasteiger partial charge in [0.1, 0.15) is 0 Å². The molecule has 6 nitrogen and oxygen atoms in total. The first kappa shape index (κ1) is 18.3. The van der Waals surface area contributed by atoms with Gasteiger partial charge >= 0.3 is 0 Å². The van der Waals surface area contributed by atoms with Crippen molar-refractivity contribution in [2.45, 2.75) is 34.1 Å². The fraction of sp³-hybridized carbons (Fsp3) is 0.375. The summed E-state index contributed by atoms with van der Waals surface area (Å²) in [4.78, 5) is 27.7. The predicted octanol–water partition coefficient (Wildman–Crippen LogP) is 3.50. The highest BCUT2D eigenvalue weighted by Gasteiger charge is 2.22. The summed E-state index contributed by atoms with van der Waals surface area (Å²) in [6.45, 7) is 7.25. The minimum absolute atomic E-state index is 0.0709. The SMILES string of the molecule is CCC(=O)Nc1nc2ccc(NC(=S)NC(=O)C(C)(C)C)cc2s1. The van der Waals surface area contributed by atoms with Crippen molar-refractivity contribution >= 4 is 61.5 Å². The highest BCUT2D eigenvalue weighted by molar-refractivity contribution is 7.80. The van der Waals surface area contributed by atoms with Crippen LogP contribution in [0.5, 0.6) is 0 Å². The number of nitrogens with zero attached hydrogens (tertiary/aromatic N) is 1. The van der Waals surface area contributed by atoms with Crippen LogP contribution in [-0.4, -0.2) is 21.9 Å².